The van der Waals surface area contributed by atoms with E-state index in [0.717, 1.165) is 18.4 Å². The van der Waals surface area contributed by atoms with Crippen LogP contribution in [0.15, 0.2) is 23.8 Å². The molecule has 9 heteroatoms. The number of amides is 1. The van der Waals surface area contributed by atoms with E-state index in [2.05, 4.69) is 0 Å². The average molecular weight is 314 g/mol. The number of rotatable bonds is 6. The molecule has 0 fully saturated rings. The number of hydrogen-bond donors (Lipinski definition) is 2. The molecule has 0 aromatic heterocycles. The Morgan fingerprint density at radius 3 is 2.52 bits per heavy atom. The molecule has 4 nitrogen and oxygen atoms in total. The molecular weight excluding hydrogens is 299 g/mol. The second-order valence-electron chi connectivity index (χ2n) is 4.34. The van der Waals surface area contributed by atoms with Crippen LogP contribution in [0, 0.1) is 0 Å². The van der Waals surface area contributed by atoms with Crippen molar-refractivity contribution in [2.45, 2.75) is 31.4 Å². The van der Waals surface area contributed by atoms with E-state index in [4.69, 9.17) is 4.74 Å². The van der Waals surface area contributed by atoms with E-state index >= 15 is 0 Å². The Morgan fingerprint density at radius 2 is 1.95 bits per heavy atom. The van der Waals surface area contributed by atoms with Gasteiger partial charge < -0.3 is 4.74 Å². The van der Waals surface area contributed by atoms with Gasteiger partial charge in [-0.2, -0.15) is 22.0 Å². The number of nitrogens with one attached hydrogen (secondary N) is 2. The van der Waals surface area contributed by atoms with E-state index in [1.54, 1.807) is 6.08 Å². The number of ether oxygens (including phenoxy) is 1. The lowest BCUT2D eigenvalue weighted by Gasteiger charge is -2.19. The third-order valence-electron chi connectivity index (χ3n) is 2.61. The Kier molecular flexibility index (Phi) is 6.13. The van der Waals surface area contributed by atoms with Crippen LogP contribution in [0.3, 0.4) is 0 Å². The van der Waals surface area contributed by atoms with Gasteiger partial charge in [-0.05, 0) is 18.4 Å². The highest BCUT2D eigenvalue weighted by Gasteiger charge is 2.56. The summed E-state index contributed by atoms with van der Waals surface area (Å²) in [6.07, 6.45) is -0.719. The first-order chi connectivity index (χ1) is 9.72. The van der Waals surface area contributed by atoms with Crippen molar-refractivity contribution >= 4 is 6.09 Å². The molecule has 0 spiro atoms. The van der Waals surface area contributed by atoms with Gasteiger partial charge in [0.05, 0.1) is 0 Å². The zero-order chi connectivity index (χ0) is 15.9. The van der Waals surface area contributed by atoms with Crippen molar-refractivity contribution in [2.24, 2.45) is 0 Å². The van der Waals surface area contributed by atoms with Gasteiger partial charge in [0.15, 0.2) is 0 Å². The molecule has 0 aromatic rings. The number of carbonyl (C=O) groups is 1. The number of hydrogen-bond acceptors (Lipinski definition) is 3. The van der Waals surface area contributed by atoms with Gasteiger partial charge in [0.25, 0.3) is 0 Å². The highest BCUT2D eigenvalue weighted by atomic mass is 19.4. The SMILES string of the molecule is O=C(NNCCC(F)(F)C(F)(F)F)OCC1=CCCC=C1. The minimum Gasteiger partial charge on any atom is -0.444 e. The molecule has 0 radical (unpaired) electrons. The molecule has 0 saturated heterocycles. The van der Waals surface area contributed by atoms with Gasteiger partial charge in [0.2, 0.25) is 0 Å². The fourth-order valence-corrected chi connectivity index (χ4v) is 1.46. The van der Waals surface area contributed by atoms with Crippen LogP contribution < -0.4 is 10.9 Å². The highest BCUT2D eigenvalue weighted by Crippen LogP contribution is 2.37. The number of hydrazine groups is 1. The lowest BCUT2D eigenvalue weighted by molar-refractivity contribution is -0.283. The van der Waals surface area contributed by atoms with E-state index in [-0.39, 0.29) is 6.61 Å². The van der Waals surface area contributed by atoms with Crippen LogP contribution in [0.1, 0.15) is 19.3 Å². The Morgan fingerprint density at radius 1 is 1.24 bits per heavy atom. The van der Waals surface area contributed by atoms with Crippen LogP contribution in [0.2, 0.25) is 0 Å². The molecule has 0 unspecified atom stereocenters. The van der Waals surface area contributed by atoms with Gasteiger partial charge in [0, 0.05) is 13.0 Å². The minimum atomic E-state index is -5.60. The number of allylic oxidation sites excluding steroid dienone is 2. The summed E-state index contributed by atoms with van der Waals surface area (Å²) in [4.78, 5) is 11.2. The number of halogens is 5. The van der Waals surface area contributed by atoms with Crippen molar-refractivity contribution in [3.8, 4) is 0 Å². The summed E-state index contributed by atoms with van der Waals surface area (Å²) in [7, 11) is 0. The minimum absolute atomic E-state index is 0.00270. The summed E-state index contributed by atoms with van der Waals surface area (Å²) in [6.45, 7) is -0.743. The Labute approximate surface area is 118 Å². The molecule has 0 aliphatic heterocycles. The Bertz CT molecular complexity index is 418. The molecule has 0 aromatic carbocycles. The molecule has 120 valence electrons. The Hall–Kier alpha value is -1.64. The van der Waals surface area contributed by atoms with E-state index in [1.807, 2.05) is 23.0 Å². The highest BCUT2D eigenvalue weighted by molar-refractivity contribution is 5.66. The van der Waals surface area contributed by atoms with Crippen molar-refractivity contribution in [3.05, 3.63) is 23.8 Å². The summed E-state index contributed by atoms with van der Waals surface area (Å²) in [5, 5.41) is 0. The summed E-state index contributed by atoms with van der Waals surface area (Å²) in [5.41, 5.74) is 4.63. The van der Waals surface area contributed by atoms with E-state index in [0.29, 0.717) is 0 Å². The van der Waals surface area contributed by atoms with E-state index < -0.39 is 31.2 Å². The van der Waals surface area contributed by atoms with Crippen LogP contribution >= 0.6 is 0 Å². The smallest absolute Gasteiger partial charge is 0.444 e. The zero-order valence-electron chi connectivity index (χ0n) is 11.0. The molecule has 0 saturated carbocycles. The lowest BCUT2D eigenvalue weighted by Crippen LogP contribution is -2.43. The fraction of sp³-hybridized carbons (Fsp3) is 0.583. The molecule has 1 aliphatic carbocycles. The van der Waals surface area contributed by atoms with Gasteiger partial charge in [-0.25, -0.2) is 10.2 Å². The molecule has 0 bridgehead atoms. The van der Waals surface area contributed by atoms with Crippen LogP contribution in [0.25, 0.3) is 0 Å². The predicted molar refractivity (Wildman–Crippen MR) is 64.6 cm³/mol. The molecule has 0 heterocycles. The summed E-state index contributed by atoms with van der Waals surface area (Å²) >= 11 is 0. The van der Waals surface area contributed by atoms with Gasteiger partial charge in [-0.15, -0.1) is 0 Å². The summed E-state index contributed by atoms with van der Waals surface area (Å²) in [6, 6.07) is 0. The molecule has 2 N–H and O–H groups in total. The summed E-state index contributed by atoms with van der Waals surface area (Å²) < 4.78 is 65.3. The van der Waals surface area contributed by atoms with Crippen molar-refractivity contribution in [2.75, 3.05) is 13.2 Å². The molecule has 21 heavy (non-hydrogen) atoms. The first-order valence-electron chi connectivity index (χ1n) is 6.18. The van der Waals surface area contributed by atoms with Crippen LogP contribution in [0.4, 0.5) is 26.7 Å². The van der Waals surface area contributed by atoms with Crippen LogP contribution in [-0.4, -0.2) is 31.3 Å². The standard InChI is InChI=1S/C12H15F5N2O2/c13-11(14,12(15,16)17)6-7-18-19-10(20)21-8-9-4-2-1-3-5-9/h2,4-5,18H,1,3,6-8H2,(H,19,20). The first-order valence-corrected chi connectivity index (χ1v) is 6.18. The molecular formula is C12H15F5N2O2. The molecule has 1 amide bonds. The third kappa shape index (κ3) is 6.11. The van der Waals surface area contributed by atoms with Gasteiger partial charge >= 0.3 is 18.2 Å². The monoisotopic (exact) mass is 314 g/mol. The normalized spacial score (nSPS) is 15.6. The van der Waals surface area contributed by atoms with Gasteiger partial charge in [0.1, 0.15) is 6.61 Å². The average Bonchev–Trinajstić information content (AvgIpc) is 2.41. The first kappa shape index (κ1) is 17.4. The second-order valence-corrected chi connectivity index (χ2v) is 4.34. The summed E-state index contributed by atoms with van der Waals surface area (Å²) in [5.74, 6) is -4.80. The largest absolute Gasteiger partial charge is 0.453 e. The van der Waals surface area contributed by atoms with Crippen molar-refractivity contribution in [1.29, 1.82) is 0 Å². The van der Waals surface area contributed by atoms with Crippen LogP contribution in [0.5, 0.6) is 0 Å². The van der Waals surface area contributed by atoms with E-state index in [9.17, 15) is 26.7 Å². The molecule has 1 rings (SSSR count). The van der Waals surface area contributed by atoms with Crippen LogP contribution in [-0.2, 0) is 4.74 Å². The topological polar surface area (TPSA) is 50.4 Å². The lowest BCUT2D eigenvalue weighted by atomic mass is 10.1. The van der Waals surface area contributed by atoms with E-state index in [1.165, 1.54) is 0 Å². The maximum absolute atomic E-state index is 12.5. The van der Waals surface area contributed by atoms with Gasteiger partial charge in [-0.1, -0.05) is 18.2 Å². The number of carbonyl (C=O) groups excluding carboxylic acids is 1. The fourth-order valence-electron chi connectivity index (χ4n) is 1.46. The third-order valence-corrected chi connectivity index (χ3v) is 2.61. The van der Waals surface area contributed by atoms with Crippen molar-refractivity contribution < 1.29 is 31.5 Å². The predicted octanol–water partition coefficient (Wildman–Crippen LogP) is 3.08. The molecule has 0 atom stereocenters. The quantitative estimate of drug-likeness (QED) is 0.450. The van der Waals surface area contributed by atoms with Gasteiger partial charge in [-0.3, -0.25) is 5.43 Å². The van der Waals surface area contributed by atoms with Crippen molar-refractivity contribution in [3.63, 3.8) is 0 Å². The maximum atomic E-state index is 12.5. The molecule has 1 aliphatic rings. The van der Waals surface area contributed by atoms with Crippen molar-refractivity contribution in [1.82, 2.24) is 10.9 Å². The second kappa shape index (κ2) is 7.39. The Balaban J connectivity index is 2.16. The maximum Gasteiger partial charge on any atom is 0.453 e. The zero-order valence-corrected chi connectivity index (χ0v) is 11.0. The number of alkyl halides is 5.